The Bertz CT molecular complexity index is 790. The van der Waals surface area contributed by atoms with Gasteiger partial charge in [0.1, 0.15) is 0 Å². The van der Waals surface area contributed by atoms with Gasteiger partial charge in [-0.15, -0.1) is 0 Å². The molecule has 0 aromatic heterocycles. The molecule has 1 amide bonds. The van der Waals surface area contributed by atoms with Gasteiger partial charge in [0.05, 0.1) is 13.2 Å². The normalized spacial score (nSPS) is 10.4. The second kappa shape index (κ2) is 11.7. The summed E-state index contributed by atoms with van der Waals surface area (Å²) >= 11 is 2.19. The fourth-order valence-electron chi connectivity index (χ4n) is 2.69. The third-order valence-electron chi connectivity index (χ3n) is 4.09. The minimum atomic E-state index is -0.116. The van der Waals surface area contributed by atoms with Gasteiger partial charge in [-0.1, -0.05) is 18.2 Å². The summed E-state index contributed by atoms with van der Waals surface area (Å²) in [5, 5.41) is 2.87. The molecule has 2 rings (SSSR count). The molecule has 0 aliphatic carbocycles. The quantitative estimate of drug-likeness (QED) is 0.371. The van der Waals surface area contributed by atoms with Crippen LogP contribution in [0.5, 0.6) is 11.5 Å². The molecule has 5 nitrogen and oxygen atoms in total. The number of carbonyl (C=O) groups is 2. The van der Waals surface area contributed by atoms with E-state index < -0.39 is 0 Å². The van der Waals surface area contributed by atoms with Crippen molar-refractivity contribution in [1.29, 1.82) is 0 Å². The molecule has 0 bridgehead atoms. The fourth-order valence-corrected chi connectivity index (χ4v) is 3.05. The van der Waals surface area contributed by atoms with Gasteiger partial charge in [-0.25, -0.2) is 0 Å². The number of benzene rings is 2. The van der Waals surface area contributed by atoms with Crippen LogP contribution in [-0.4, -0.2) is 31.4 Å². The number of ether oxygens (including phenoxy) is 2. The summed E-state index contributed by atoms with van der Waals surface area (Å²) in [6.45, 7) is 5.52. The van der Waals surface area contributed by atoms with Gasteiger partial charge < -0.3 is 14.8 Å². The summed E-state index contributed by atoms with van der Waals surface area (Å²) in [4.78, 5) is 24.2. The zero-order chi connectivity index (χ0) is 20.4. The monoisotopic (exact) mass is 495 g/mol. The van der Waals surface area contributed by atoms with E-state index in [9.17, 15) is 9.59 Å². The van der Waals surface area contributed by atoms with Crippen molar-refractivity contribution in [2.75, 3.05) is 19.8 Å². The molecular formula is C22H26INO4. The average Bonchev–Trinajstić information content (AvgIpc) is 2.69. The van der Waals surface area contributed by atoms with Crippen molar-refractivity contribution in [2.45, 2.75) is 33.1 Å². The lowest BCUT2D eigenvalue weighted by molar-refractivity contribution is -0.121. The largest absolute Gasteiger partial charge is 0.490 e. The Balaban J connectivity index is 1.77. The molecule has 0 radical (unpaired) electrons. The van der Waals surface area contributed by atoms with Crippen LogP contribution in [0.1, 0.15) is 42.6 Å². The number of nitrogens with one attached hydrogen (secondary N) is 1. The summed E-state index contributed by atoms with van der Waals surface area (Å²) in [5.41, 5.74) is 1.70. The highest BCUT2D eigenvalue weighted by Crippen LogP contribution is 2.28. The molecule has 2 aromatic carbocycles. The highest BCUT2D eigenvalue weighted by molar-refractivity contribution is 14.1. The van der Waals surface area contributed by atoms with E-state index in [2.05, 4.69) is 27.9 Å². The van der Waals surface area contributed by atoms with Gasteiger partial charge in [0.2, 0.25) is 5.91 Å². The molecule has 0 aliphatic heterocycles. The summed E-state index contributed by atoms with van der Waals surface area (Å²) in [7, 11) is 0. The smallest absolute Gasteiger partial charge is 0.220 e. The van der Waals surface area contributed by atoms with E-state index in [4.69, 9.17) is 9.47 Å². The maximum Gasteiger partial charge on any atom is 0.220 e. The number of amides is 1. The van der Waals surface area contributed by atoms with Crippen LogP contribution in [0.15, 0.2) is 42.5 Å². The average molecular weight is 495 g/mol. The molecule has 150 valence electrons. The number of rotatable bonds is 11. The molecule has 1 N–H and O–H groups in total. The van der Waals surface area contributed by atoms with Gasteiger partial charge in [-0.2, -0.15) is 0 Å². The molecule has 0 heterocycles. The minimum absolute atomic E-state index is 0.0144. The van der Waals surface area contributed by atoms with Crippen LogP contribution in [0.2, 0.25) is 0 Å². The predicted octanol–water partition coefficient (Wildman–Crippen LogP) is 4.41. The van der Waals surface area contributed by atoms with Gasteiger partial charge in [-0.3, -0.25) is 9.59 Å². The van der Waals surface area contributed by atoms with Crippen LogP contribution < -0.4 is 14.8 Å². The Morgan fingerprint density at radius 3 is 2.29 bits per heavy atom. The first-order chi connectivity index (χ1) is 13.5. The Hall–Kier alpha value is -2.09. The minimum Gasteiger partial charge on any atom is -0.490 e. The molecule has 0 saturated carbocycles. The molecule has 0 fully saturated rings. The maximum absolute atomic E-state index is 12.1. The Morgan fingerprint density at radius 2 is 1.61 bits per heavy atom. The highest BCUT2D eigenvalue weighted by Gasteiger charge is 2.10. The van der Waals surface area contributed by atoms with Gasteiger partial charge >= 0.3 is 0 Å². The van der Waals surface area contributed by atoms with E-state index in [1.165, 1.54) is 0 Å². The number of hydrogen-bond acceptors (Lipinski definition) is 4. The number of hydrogen-bond donors (Lipinski definition) is 1. The lowest BCUT2D eigenvalue weighted by atomic mass is 10.1. The SMILES string of the molecule is CCOc1ccc(CCNC(=O)CCC(=O)c2ccc(I)cc2)cc1OCC. The zero-order valence-corrected chi connectivity index (χ0v) is 18.5. The topological polar surface area (TPSA) is 64.6 Å². The predicted molar refractivity (Wildman–Crippen MR) is 118 cm³/mol. The second-order valence-corrected chi connectivity index (χ2v) is 7.42. The molecule has 28 heavy (non-hydrogen) atoms. The molecule has 6 heteroatoms. The second-order valence-electron chi connectivity index (χ2n) is 6.18. The van der Waals surface area contributed by atoms with E-state index in [0.29, 0.717) is 31.7 Å². The van der Waals surface area contributed by atoms with Crippen LogP contribution in [0.3, 0.4) is 0 Å². The van der Waals surface area contributed by atoms with Gasteiger partial charge in [-0.05, 0) is 72.7 Å². The van der Waals surface area contributed by atoms with E-state index >= 15 is 0 Å². The molecule has 2 aromatic rings. The van der Waals surface area contributed by atoms with Crippen molar-refractivity contribution in [2.24, 2.45) is 0 Å². The third-order valence-corrected chi connectivity index (χ3v) is 4.81. The number of halogens is 1. The lowest BCUT2D eigenvalue weighted by Crippen LogP contribution is -2.26. The summed E-state index contributed by atoms with van der Waals surface area (Å²) in [6, 6.07) is 13.2. The van der Waals surface area contributed by atoms with Crippen molar-refractivity contribution >= 4 is 34.3 Å². The van der Waals surface area contributed by atoms with Gasteiger partial charge in [0, 0.05) is 28.5 Å². The Labute approximate surface area is 179 Å². The summed E-state index contributed by atoms with van der Waals surface area (Å²) in [5.74, 6) is 1.32. The van der Waals surface area contributed by atoms with Crippen molar-refractivity contribution in [3.05, 3.63) is 57.2 Å². The van der Waals surface area contributed by atoms with Crippen LogP contribution in [0, 0.1) is 3.57 Å². The number of ketones is 1. The Kier molecular flexibility index (Phi) is 9.27. The third kappa shape index (κ3) is 7.14. The molecule has 0 atom stereocenters. The zero-order valence-electron chi connectivity index (χ0n) is 16.3. The highest BCUT2D eigenvalue weighted by atomic mass is 127. The summed E-state index contributed by atoms with van der Waals surface area (Å²) in [6.07, 6.45) is 1.09. The first kappa shape index (κ1) is 22.2. The van der Waals surface area contributed by atoms with E-state index in [1.54, 1.807) is 12.1 Å². The van der Waals surface area contributed by atoms with Crippen molar-refractivity contribution < 1.29 is 19.1 Å². The van der Waals surface area contributed by atoms with E-state index in [-0.39, 0.29) is 24.5 Å². The van der Waals surface area contributed by atoms with Crippen molar-refractivity contribution in [3.8, 4) is 11.5 Å². The number of carbonyl (C=O) groups excluding carboxylic acids is 2. The summed E-state index contributed by atoms with van der Waals surface area (Å²) < 4.78 is 12.3. The van der Waals surface area contributed by atoms with Crippen molar-refractivity contribution in [1.82, 2.24) is 5.32 Å². The molecule has 0 saturated heterocycles. The first-order valence-electron chi connectivity index (χ1n) is 9.47. The maximum atomic E-state index is 12.1. The first-order valence-corrected chi connectivity index (χ1v) is 10.5. The van der Waals surface area contributed by atoms with E-state index in [1.807, 2.05) is 44.2 Å². The van der Waals surface area contributed by atoms with Gasteiger partial charge in [0.15, 0.2) is 17.3 Å². The molecule has 0 unspecified atom stereocenters. The van der Waals surface area contributed by atoms with E-state index in [0.717, 1.165) is 20.6 Å². The Morgan fingerprint density at radius 1 is 0.929 bits per heavy atom. The van der Waals surface area contributed by atoms with Crippen LogP contribution >= 0.6 is 22.6 Å². The molecular weight excluding hydrogens is 469 g/mol. The molecule has 0 spiro atoms. The lowest BCUT2D eigenvalue weighted by Gasteiger charge is -2.12. The fraction of sp³-hybridized carbons (Fsp3) is 0.364. The van der Waals surface area contributed by atoms with Gasteiger partial charge in [0.25, 0.3) is 0 Å². The van der Waals surface area contributed by atoms with Crippen LogP contribution in [0.4, 0.5) is 0 Å². The van der Waals surface area contributed by atoms with Crippen LogP contribution in [-0.2, 0) is 11.2 Å². The number of Topliss-reactive ketones (excluding diaryl/α,β-unsaturated/α-hetero) is 1. The van der Waals surface area contributed by atoms with Crippen LogP contribution in [0.25, 0.3) is 0 Å². The van der Waals surface area contributed by atoms with Crippen molar-refractivity contribution in [3.63, 3.8) is 0 Å². The molecule has 0 aliphatic rings. The standard InChI is InChI=1S/C22H26INO4/c1-3-27-20-11-5-16(15-21(20)28-4-2)13-14-24-22(26)12-10-19(25)17-6-8-18(23)9-7-17/h5-9,11,15H,3-4,10,12-14H2,1-2H3,(H,24,26).